The van der Waals surface area contributed by atoms with Crippen LogP contribution in [0.3, 0.4) is 0 Å². The highest BCUT2D eigenvalue weighted by molar-refractivity contribution is 5.94. The first-order valence-electron chi connectivity index (χ1n) is 7.49. The molecule has 0 saturated carbocycles. The fraction of sp³-hybridized carbons (Fsp3) is 0.294. The molecule has 0 spiro atoms. The Bertz CT molecular complexity index is 697. The smallest absolute Gasteiger partial charge is 0.387 e. The molecule has 1 aliphatic rings. The van der Waals surface area contributed by atoms with Crippen molar-refractivity contribution in [3.63, 3.8) is 0 Å². The fourth-order valence-electron chi connectivity index (χ4n) is 2.60. The van der Waals surface area contributed by atoms with Crippen LogP contribution in [0.2, 0.25) is 0 Å². The number of pyridine rings is 1. The van der Waals surface area contributed by atoms with E-state index in [-0.39, 0.29) is 17.8 Å². The first-order valence-corrected chi connectivity index (χ1v) is 7.49. The van der Waals surface area contributed by atoms with E-state index in [4.69, 9.17) is 4.74 Å². The topological polar surface area (TPSA) is 51.7 Å². The van der Waals surface area contributed by atoms with Crippen molar-refractivity contribution in [2.24, 2.45) is 0 Å². The maximum atomic E-state index is 12.5. The van der Waals surface area contributed by atoms with Crippen molar-refractivity contribution in [3.05, 3.63) is 59.9 Å². The summed E-state index contributed by atoms with van der Waals surface area (Å²) in [6.45, 7) is -1.68. The van der Waals surface area contributed by atoms with Crippen molar-refractivity contribution in [2.75, 3.05) is 19.7 Å². The summed E-state index contributed by atoms with van der Waals surface area (Å²) in [5.41, 5.74) is 1.25. The summed E-state index contributed by atoms with van der Waals surface area (Å²) in [6.07, 6.45) is 2.75. The Labute approximate surface area is 137 Å². The van der Waals surface area contributed by atoms with E-state index in [1.54, 1.807) is 41.6 Å². The largest absolute Gasteiger partial charge is 0.435 e. The number of hydrogen-bond donors (Lipinski definition) is 0. The number of ether oxygens (including phenoxy) is 2. The highest BCUT2D eigenvalue weighted by Gasteiger charge is 2.26. The van der Waals surface area contributed by atoms with Crippen LogP contribution >= 0.6 is 0 Å². The van der Waals surface area contributed by atoms with Gasteiger partial charge in [-0.3, -0.25) is 9.78 Å². The molecule has 1 fully saturated rings. The third-order valence-electron chi connectivity index (χ3n) is 3.74. The van der Waals surface area contributed by atoms with Crippen LogP contribution in [-0.2, 0) is 4.74 Å². The molecule has 1 amide bonds. The van der Waals surface area contributed by atoms with Crippen LogP contribution in [0.4, 0.5) is 8.78 Å². The Morgan fingerprint density at radius 3 is 2.83 bits per heavy atom. The van der Waals surface area contributed by atoms with Crippen LogP contribution in [0.5, 0.6) is 5.75 Å². The number of amides is 1. The third-order valence-corrected chi connectivity index (χ3v) is 3.74. The Morgan fingerprint density at radius 2 is 2.08 bits per heavy atom. The summed E-state index contributed by atoms with van der Waals surface area (Å²) in [5.74, 6) is -0.0330. The van der Waals surface area contributed by atoms with Gasteiger partial charge in [0.1, 0.15) is 11.9 Å². The predicted octanol–water partition coefficient (Wildman–Crippen LogP) is 2.90. The number of halogens is 2. The molecular weight excluding hydrogens is 318 g/mol. The molecule has 0 radical (unpaired) electrons. The van der Waals surface area contributed by atoms with Crippen molar-refractivity contribution < 1.29 is 23.0 Å². The van der Waals surface area contributed by atoms with Gasteiger partial charge in [0.05, 0.1) is 13.2 Å². The van der Waals surface area contributed by atoms with Crippen molar-refractivity contribution in [3.8, 4) is 5.75 Å². The highest BCUT2D eigenvalue weighted by Crippen LogP contribution is 2.26. The predicted molar refractivity (Wildman–Crippen MR) is 81.9 cm³/mol. The number of rotatable bonds is 4. The monoisotopic (exact) mass is 334 g/mol. The summed E-state index contributed by atoms with van der Waals surface area (Å²) in [5, 5.41) is 0. The Balaban J connectivity index is 1.73. The number of carbonyl (C=O) groups is 1. The number of morpholine rings is 1. The molecule has 0 aliphatic carbocycles. The molecule has 2 heterocycles. The van der Waals surface area contributed by atoms with Crippen LogP contribution in [0.1, 0.15) is 22.0 Å². The number of hydrogen-bond acceptors (Lipinski definition) is 4. The quantitative estimate of drug-likeness (QED) is 0.863. The van der Waals surface area contributed by atoms with Gasteiger partial charge >= 0.3 is 6.61 Å². The van der Waals surface area contributed by atoms with Gasteiger partial charge in [0.25, 0.3) is 5.91 Å². The summed E-state index contributed by atoms with van der Waals surface area (Å²) >= 11 is 0. The minimum atomic E-state index is -2.88. The number of carbonyl (C=O) groups excluding carboxylic acids is 1. The third kappa shape index (κ3) is 3.86. The van der Waals surface area contributed by atoms with E-state index < -0.39 is 6.61 Å². The molecule has 0 bridgehead atoms. The minimum Gasteiger partial charge on any atom is -0.435 e. The van der Waals surface area contributed by atoms with E-state index in [1.165, 1.54) is 12.1 Å². The number of nitrogens with zero attached hydrogens (tertiary/aromatic N) is 2. The Hall–Kier alpha value is -2.54. The minimum absolute atomic E-state index is 0.0729. The van der Waals surface area contributed by atoms with Gasteiger partial charge in [0.15, 0.2) is 0 Å². The van der Waals surface area contributed by atoms with Crippen LogP contribution in [0.25, 0.3) is 0 Å². The van der Waals surface area contributed by atoms with Crippen molar-refractivity contribution in [2.45, 2.75) is 12.7 Å². The average molecular weight is 334 g/mol. The number of alkyl halides is 2. The van der Waals surface area contributed by atoms with Gasteiger partial charge in [0, 0.05) is 24.5 Å². The van der Waals surface area contributed by atoms with E-state index in [1.807, 2.05) is 0 Å². The van der Waals surface area contributed by atoms with Crippen LogP contribution in [0.15, 0.2) is 48.8 Å². The van der Waals surface area contributed by atoms with Gasteiger partial charge < -0.3 is 14.4 Å². The molecule has 1 aliphatic heterocycles. The van der Waals surface area contributed by atoms with Gasteiger partial charge in [-0.05, 0) is 29.8 Å². The van der Waals surface area contributed by atoms with Gasteiger partial charge in [0.2, 0.25) is 0 Å². The lowest BCUT2D eigenvalue weighted by Gasteiger charge is -2.33. The lowest BCUT2D eigenvalue weighted by atomic mass is 10.1. The molecule has 24 heavy (non-hydrogen) atoms. The molecule has 1 aromatic carbocycles. The second-order valence-corrected chi connectivity index (χ2v) is 5.30. The molecule has 126 valence electrons. The maximum Gasteiger partial charge on any atom is 0.387 e. The fourth-order valence-corrected chi connectivity index (χ4v) is 2.60. The zero-order chi connectivity index (χ0) is 16.9. The maximum absolute atomic E-state index is 12.5. The number of benzene rings is 1. The van der Waals surface area contributed by atoms with Crippen LogP contribution in [0, 0.1) is 0 Å². The molecule has 0 N–H and O–H groups in total. The Morgan fingerprint density at radius 1 is 1.29 bits per heavy atom. The molecular formula is C17H16F2N2O3. The molecule has 3 rings (SSSR count). The summed E-state index contributed by atoms with van der Waals surface area (Å²) in [6, 6.07) is 9.67. The first-order chi connectivity index (χ1) is 11.6. The molecule has 0 unspecified atom stereocenters. The average Bonchev–Trinajstić information content (AvgIpc) is 2.62. The van der Waals surface area contributed by atoms with E-state index >= 15 is 0 Å². The molecule has 1 saturated heterocycles. The van der Waals surface area contributed by atoms with E-state index in [0.717, 1.165) is 0 Å². The van der Waals surface area contributed by atoms with Crippen LogP contribution in [-0.4, -0.2) is 42.1 Å². The van der Waals surface area contributed by atoms with Crippen molar-refractivity contribution in [1.29, 1.82) is 0 Å². The van der Waals surface area contributed by atoms with E-state index in [0.29, 0.717) is 30.8 Å². The SMILES string of the molecule is O=C(c1ccncc1)N1CCO[C@@H](c2cccc(OC(F)F)c2)C1. The first kappa shape index (κ1) is 16.3. The zero-order valence-electron chi connectivity index (χ0n) is 12.8. The van der Waals surface area contributed by atoms with Crippen molar-refractivity contribution in [1.82, 2.24) is 9.88 Å². The second-order valence-electron chi connectivity index (χ2n) is 5.30. The molecule has 7 heteroatoms. The van der Waals surface area contributed by atoms with Gasteiger partial charge in [-0.15, -0.1) is 0 Å². The number of aromatic nitrogens is 1. The summed E-state index contributed by atoms with van der Waals surface area (Å²) < 4.78 is 34.8. The van der Waals surface area contributed by atoms with Gasteiger partial charge in [-0.25, -0.2) is 0 Å². The normalized spacial score (nSPS) is 17.8. The van der Waals surface area contributed by atoms with E-state index in [2.05, 4.69) is 9.72 Å². The molecule has 2 aromatic rings. The van der Waals surface area contributed by atoms with Crippen molar-refractivity contribution >= 4 is 5.91 Å². The summed E-state index contributed by atoms with van der Waals surface area (Å²) in [4.78, 5) is 18.1. The standard InChI is InChI=1S/C17H16F2N2O3/c18-17(19)24-14-3-1-2-13(10-14)15-11-21(8-9-23-15)16(22)12-4-6-20-7-5-12/h1-7,10,15,17H,8-9,11H2/t15-/m1/s1. The van der Waals surface area contributed by atoms with Gasteiger partial charge in [-0.2, -0.15) is 8.78 Å². The zero-order valence-corrected chi connectivity index (χ0v) is 12.8. The summed E-state index contributed by atoms with van der Waals surface area (Å²) in [7, 11) is 0. The highest BCUT2D eigenvalue weighted by atomic mass is 19.3. The lowest BCUT2D eigenvalue weighted by molar-refractivity contribution is -0.0504. The van der Waals surface area contributed by atoms with Crippen LogP contribution < -0.4 is 4.74 Å². The molecule has 1 aromatic heterocycles. The second kappa shape index (κ2) is 7.35. The Kier molecular flexibility index (Phi) is 5.00. The molecule has 5 nitrogen and oxygen atoms in total. The molecule has 1 atom stereocenters. The van der Waals surface area contributed by atoms with Gasteiger partial charge in [-0.1, -0.05) is 12.1 Å². The lowest BCUT2D eigenvalue weighted by Crippen LogP contribution is -2.42. The van der Waals surface area contributed by atoms with E-state index in [9.17, 15) is 13.6 Å².